The van der Waals surface area contributed by atoms with Gasteiger partial charge in [-0.15, -0.1) is 0 Å². The van der Waals surface area contributed by atoms with Crippen molar-refractivity contribution < 1.29 is 18.4 Å². The topological polar surface area (TPSA) is 84.2 Å². The van der Waals surface area contributed by atoms with Crippen molar-refractivity contribution in [1.29, 1.82) is 0 Å². The second-order valence-corrected chi connectivity index (χ2v) is 6.52. The molecule has 0 radical (unpaired) electrons. The minimum Gasteiger partial charge on any atom is -0.326 e. The summed E-state index contributed by atoms with van der Waals surface area (Å²) >= 11 is 0. The molecule has 148 valence electrons. The summed E-state index contributed by atoms with van der Waals surface area (Å²) in [6.07, 6.45) is 1.97. The molecule has 3 heterocycles. The zero-order valence-corrected chi connectivity index (χ0v) is 15.4. The van der Waals surface area contributed by atoms with Crippen molar-refractivity contribution in [2.75, 3.05) is 24.5 Å². The minimum absolute atomic E-state index is 0.0997. The Morgan fingerprint density at radius 1 is 1.03 bits per heavy atom. The van der Waals surface area contributed by atoms with Crippen LogP contribution in [0.2, 0.25) is 0 Å². The van der Waals surface area contributed by atoms with E-state index in [0.717, 1.165) is 12.4 Å². The van der Waals surface area contributed by atoms with E-state index in [0.29, 0.717) is 17.0 Å². The van der Waals surface area contributed by atoms with E-state index in [1.54, 1.807) is 25.2 Å². The zero-order valence-electron chi connectivity index (χ0n) is 15.4. The maximum atomic E-state index is 13.1. The SMILES string of the molecule is Cn1nc(-c2ccc(F)cc2)cc1C(=O)N1CCN(c2ncc(F)cn2)C(=O)C1. The third-order valence-electron chi connectivity index (χ3n) is 4.59. The monoisotopic (exact) mass is 398 g/mol. The molecule has 0 saturated carbocycles. The first-order valence-corrected chi connectivity index (χ1v) is 8.79. The average Bonchev–Trinajstić information content (AvgIpc) is 3.10. The van der Waals surface area contributed by atoms with Crippen molar-refractivity contribution in [1.82, 2.24) is 24.6 Å². The van der Waals surface area contributed by atoms with Gasteiger partial charge in [0.25, 0.3) is 5.91 Å². The number of carbonyl (C=O) groups is 2. The Morgan fingerprint density at radius 2 is 1.72 bits per heavy atom. The van der Waals surface area contributed by atoms with E-state index in [1.165, 1.54) is 26.6 Å². The largest absolute Gasteiger partial charge is 0.326 e. The highest BCUT2D eigenvalue weighted by Crippen LogP contribution is 2.21. The van der Waals surface area contributed by atoms with Gasteiger partial charge < -0.3 is 4.90 Å². The molecule has 0 atom stereocenters. The number of rotatable bonds is 3. The van der Waals surface area contributed by atoms with Gasteiger partial charge in [0.15, 0.2) is 5.82 Å². The highest BCUT2D eigenvalue weighted by Gasteiger charge is 2.31. The first-order valence-electron chi connectivity index (χ1n) is 8.79. The maximum Gasteiger partial charge on any atom is 0.272 e. The van der Waals surface area contributed by atoms with Crippen molar-refractivity contribution >= 4 is 17.8 Å². The van der Waals surface area contributed by atoms with Crippen molar-refractivity contribution in [2.45, 2.75) is 0 Å². The summed E-state index contributed by atoms with van der Waals surface area (Å²) in [5.74, 6) is -1.56. The van der Waals surface area contributed by atoms with Gasteiger partial charge in [-0.3, -0.25) is 19.2 Å². The molecule has 1 saturated heterocycles. The van der Waals surface area contributed by atoms with Crippen LogP contribution in [-0.2, 0) is 11.8 Å². The molecule has 1 aliphatic rings. The lowest BCUT2D eigenvalue weighted by Gasteiger charge is -2.32. The molecule has 0 aliphatic carbocycles. The van der Waals surface area contributed by atoms with Crippen LogP contribution in [0.3, 0.4) is 0 Å². The quantitative estimate of drug-likeness (QED) is 0.670. The van der Waals surface area contributed by atoms with Gasteiger partial charge in [-0.05, 0) is 30.3 Å². The van der Waals surface area contributed by atoms with E-state index in [-0.39, 0.29) is 43.2 Å². The van der Waals surface area contributed by atoms with Crippen molar-refractivity contribution in [3.63, 3.8) is 0 Å². The molecule has 10 heteroatoms. The zero-order chi connectivity index (χ0) is 20.5. The lowest BCUT2D eigenvalue weighted by atomic mass is 10.1. The molecule has 2 amide bonds. The van der Waals surface area contributed by atoms with E-state index in [2.05, 4.69) is 15.1 Å². The molecule has 3 aromatic rings. The normalized spacial score (nSPS) is 14.4. The molecule has 0 unspecified atom stereocenters. The summed E-state index contributed by atoms with van der Waals surface area (Å²) in [5.41, 5.74) is 1.51. The fourth-order valence-corrected chi connectivity index (χ4v) is 3.09. The van der Waals surface area contributed by atoms with Crippen LogP contribution in [0.5, 0.6) is 0 Å². The predicted octanol–water partition coefficient (Wildman–Crippen LogP) is 1.64. The summed E-state index contributed by atoms with van der Waals surface area (Å²) in [7, 11) is 1.63. The number of piperazine rings is 1. The first-order chi connectivity index (χ1) is 13.9. The van der Waals surface area contributed by atoms with Crippen LogP contribution in [0, 0.1) is 11.6 Å². The molecule has 8 nitrogen and oxygen atoms in total. The van der Waals surface area contributed by atoms with Crippen LogP contribution >= 0.6 is 0 Å². The first kappa shape index (κ1) is 18.7. The third-order valence-corrected chi connectivity index (χ3v) is 4.59. The summed E-state index contributed by atoms with van der Waals surface area (Å²) in [5, 5.41) is 4.31. The Balaban J connectivity index is 1.50. The molecule has 0 spiro atoms. The third kappa shape index (κ3) is 3.68. The number of hydrogen-bond donors (Lipinski definition) is 0. The maximum absolute atomic E-state index is 13.1. The van der Waals surface area contributed by atoms with Crippen molar-refractivity contribution in [3.8, 4) is 11.3 Å². The average molecular weight is 398 g/mol. The minimum atomic E-state index is -0.594. The Kier molecular flexibility index (Phi) is 4.75. The molecule has 1 fully saturated rings. The molecular formula is C19H16F2N6O2. The number of amides is 2. The summed E-state index contributed by atoms with van der Waals surface area (Å²) in [6, 6.07) is 7.41. The summed E-state index contributed by atoms with van der Waals surface area (Å²) in [6.45, 7) is 0.303. The number of aromatic nitrogens is 4. The molecule has 1 aliphatic heterocycles. The molecule has 1 aromatic carbocycles. The number of carbonyl (C=O) groups excluding carboxylic acids is 2. The lowest BCUT2D eigenvalue weighted by molar-refractivity contribution is -0.120. The molecule has 4 rings (SSSR count). The molecular weight excluding hydrogens is 382 g/mol. The fraction of sp³-hybridized carbons (Fsp3) is 0.211. The molecule has 29 heavy (non-hydrogen) atoms. The van der Waals surface area contributed by atoms with Crippen LogP contribution in [0.4, 0.5) is 14.7 Å². The standard InChI is InChI=1S/C19H16F2N6O2/c1-25-16(8-15(24-25)12-2-4-13(20)5-3-12)18(29)26-6-7-27(17(28)11-26)19-22-9-14(21)10-23-19/h2-5,8-10H,6-7,11H2,1H3. The van der Waals surface area contributed by atoms with Crippen LogP contribution in [0.15, 0.2) is 42.7 Å². The summed E-state index contributed by atoms with van der Waals surface area (Å²) < 4.78 is 27.5. The van der Waals surface area contributed by atoms with E-state index in [4.69, 9.17) is 0 Å². The number of benzene rings is 1. The van der Waals surface area contributed by atoms with Gasteiger partial charge in [-0.25, -0.2) is 18.7 Å². The number of nitrogens with zero attached hydrogens (tertiary/aromatic N) is 6. The van der Waals surface area contributed by atoms with Gasteiger partial charge in [-0.2, -0.15) is 5.10 Å². The highest BCUT2D eigenvalue weighted by atomic mass is 19.1. The summed E-state index contributed by atoms with van der Waals surface area (Å²) in [4.78, 5) is 35.7. The molecule has 0 bridgehead atoms. The van der Waals surface area contributed by atoms with Gasteiger partial charge >= 0.3 is 0 Å². The van der Waals surface area contributed by atoms with Crippen molar-refractivity contribution in [2.24, 2.45) is 7.05 Å². The van der Waals surface area contributed by atoms with Crippen molar-refractivity contribution in [3.05, 3.63) is 60.1 Å². The van der Waals surface area contributed by atoms with E-state index >= 15 is 0 Å². The smallest absolute Gasteiger partial charge is 0.272 e. The van der Waals surface area contributed by atoms with Crippen LogP contribution < -0.4 is 4.90 Å². The van der Waals surface area contributed by atoms with Gasteiger partial charge in [-0.1, -0.05) is 0 Å². The predicted molar refractivity (Wildman–Crippen MR) is 98.8 cm³/mol. The Bertz CT molecular complexity index is 1070. The van der Waals surface area contributed by atoms with Gasteiger partial charge in [0.1, 0.15) is 18.1 Å². The number of aryl methyl sites for hydroxylation is 1. The van der Waals surface area contributed by atoms with Crippen LogP contribution in [0.25, 0.3) is 11.3 Å². The second kappa shape index (κ2) is 7.38. The van der Waals surface area contributed by atoms with Gasteiger partial charge in [0.05, 0.1) is 18.1 Å². The second-order valence-electron chi connectivity index (χ2n) is 6.52. The highest BCUT2D eigenvalue weighted by molar-refractivity contribution is 6.00. The Morgan fingerprint density at radius 3 is 2.38 bits per heavy atom. The van der Waals surface area contributed by atoms with E-state index in [9.17, 15) is 18.4 Å². The lowest BCUT2D eigenvalue weighted by Crippen LogP contribution is -2.53. The number of anilines is 1. The van der Waals surface area contributed by atoms with Gasteiger partial charge in [0, 0.05) is 25.7 Å². The van der Waals surface area contributed by atoms with E-state index in [1.807, 2.05) is 0 Å². The van der Waals surface area contributed by atoms with E-state index < -0.39 is 5.82 Å². The molecule has 2 aromatic heterocycles. The number of halogens is 2. The Hall–Kier alpha value is -3.69. The van der Waals surface area contributed by atoms with Crippen LogP contribution in [-0.4, -0.2) is 56.1 Å². The van der Waals surface area contributed by atoms with Crippen LogP contribution in [0.1, 0.15) is 10.5 Å². The molecule has 0 N–H and O–H groups in total. The Labute approximate surface area is 164 Å². The van der Waals surface area contributed by atoms with Gasteiger partial charge in [0.2, 0.25) is 11.9 Å². The fourth-order valence-electron chi connectivity index (χ4n) is 3.09. The number of hydrogen-bond acceptors (Lipinski definition) is 5.